The molecule has 5 rings (SSSR count). The summed E-state index contributed by atoms with van der Waals surface area (Å²) < 4.78 is 6.28. The van der Waals surface area contributed by atoms with Crippen LogP contribution < -0.4 is 4.74 Å². The fourth-order valence-corrected chi connectivity index (χ4v) is 6.41. The van der Waals surface area contributed by atoms with Crippen molar-refractivity contribution < 1.29 is 9.53 Å². The fourth-order valence-electron chi connectivity index (χ4n) is 6.41. The number of allylic oxidation sites excluding steroid dienone is 2. The van der Waals surface area contributed by atoms with Crippen molar-refractivity contribution in [2.45, 2.75) is 78.6 Å². The Morgan fingerprint density at radius 3 is 2.63 bits per heavy atom. The first-order valence-corrected chi connectivity index (χ1v) is 13.4. The minimum absolute atomic E-state index is 0.233. The third-order valence-corrected chi connectivity index (χ3v) is 8.27. The van der Waals surface area contributed by atoms with Gasteiger partial charge in [-0.15, -0.1) is 0 Å². The van der Waals surface area contributed by atoms with Crippen LogP contribution >= 0.6 is 0 Å². The summed E-state index contributed by atoms with van der Waals surface area (Å²) in [6, 6.07) is 18.6. The number of ether oxygens (including phenoxy) is 1. The minimum Gasteiger partial charge on any atom is -0.423 e. The molecule has 182 valence electrons. The number of aryl methyl sites for hydroxylation is 1. The van der Waals surface area contributed by atoms with Crippen molar-refractivity contribution in [2.75, 3.05) is 0 Å². The van der Waals surface area contributed by atoms with Gasteiger partial charge in [-0.25, -0.2) is 4.79 Å². The van der Waals surface area contributed by atoms with Gasteiger partial charge in [0, 0.05) is 11.5 Å². The Hall–Kier alpha value is -2.87. The van der Waals surface area contributed by atoms with Crippen LogP contribution in [-0.4, -0.2) is 5.97 Å². The van der Waals surface area contributed by atoms with Gasteiger partial charge in [-0.3, -0.25) is 0 Å². The Balaban J connectivity index is 1.56. The van der Waals surface area contributed by atoms with Crippen LogP contribution in [0.2, 0.25) is 0 Å². The molecule has 0 N–H and O–H groups in total. The highest BCUT2D eigenvalue weighted by Gasteiger charge is 2.43. The molecule has 0 radical (unpaired) electrons. The highest BCUT2D eigenvalue weighted by molar-refractivity contribution is 5.96. The molecular formula is C33H38O2. The molecule has 3 aromatic rings. The lowest BCUT2D eigenvalue weighted by Crippen LogP contribution is -2.37. The highest BCUT2D eigenvalue weighted by Crippen LogP contribution is 2.54. The second-order valence-electron chi connectivity index (χ2n) is 11.4. The van der Waals surface area contributed by atoms with Gasteiger partial charge < -0.3 is 4.74 Å². The SMILES string of the molecule is CCCCCc1cc2c(c(OC(=O)c3ccc4ccccc4c3)c1)[C@@H]1C=C(C)CC[C@H]1C(C)(C)C2. The van der Waals surface area contributed by atoms with E-state index in [1.54, 1.807) is 0 Å². The van der Waals surface area contributed by atoms with Crippen LogP contribution in [0.1, 0.15) is 92.8 Å². The molecule has 3 aromatic carbocycles. The predicted octanol–water partition coefficient (Wildman–Crippen LogP) is 8.81. The first-order valence-electron chi connectivity index (χ1n) is 13.4. The number of rotatable bonds is 6. The summed E-state index contributed by atoms with van der Waals surface area (Å²) in [6.45, 7) is 9.33. The Morgan fingerprint density at radius 1 is 1.03 bits per heavy atom. The Morgan fingerprint density at radius 2 is 1.83 bits per heavy atom. The van der Waals surface area contributed by atoms with Crippen molar-refractivity contribution >= 4 is 16.7 Å². The molecule has 2 aliphatic rings. The zero-order chi connectivity index (χ0) is 24.6. The van der Waals surface area contributed by atoms with Crippen molar-refractivity contribution in [3.63, 3.8) is 0 Å². The van der Waals surface area contributed by atoms with Crippen LogP contribution in [0.3, 0.4) is 0 Å². The van der Waals surface area contributed by atoms with Crippen LogP contribution in [0.4, 0.5) is 0 Å². The Labute approximate surface area is 210 Å². The lowest BCUT2D eigenvalue weighted by molar-refractivity contribution is 0.0728. The summed E-state index contributed by atoms with van der Waals surface area (Å²) in [5.41, 5.74) is 6.21. The van der Waals surface area contributed by atoms with E-state index < -0.39 is 0 Å². The summed E-state index contributed by atoms with van der Waals surface area (Å²) in [4.78, 5) is 13.4. The molecule has 0 saturated carbocycles. The van der Waals surface area contributed by atoms with Crippen molar-refractivity contribution in [2.24, 2.45) is 11.3 Å². The van der Waals surface area contributed by atoms with E-state index in [9.17, 15) is 4.79 Å². The monoisotopic (exact) mass is 466 g/mol. The van der Waals surface area contributed by atoms with Gasteiger partial charge in [0.1, 0.15) is 5.75 Å². The Kier molecular flexibility index (Phi) is 6.57. The van der Waals surface area contributed by atoms with Gasteiger partial charge in [0.15, 0.2) is 0 Å². The van der Waals surface area contributed by atoms with E-state index >= 15 is 0 Å². The lowest BCUT2D eigenvalue weighted by Gasteiger charge is -2.47. The molecule has 0 aromatic heterocycles. The quantitative estimate of drug-likeness (QED) is 0.157. The second-order valence-corrected chi connectivity index (χ2v) is 11.4. The van der Waals surface area contributed by atoms with Crippen molar-refractivity contribution in [1.29, 1.82) is 0 Å². The van der Waals surface area contributed by atoms with Crippen molar-refractivity contribution in [1.82, 2.24) is 0 Å². The second kappa shape index (κ2) is 9.64. The number of esters is 1. The van der Waals surface area contributed by atoms with Gasteiger partial charge in [0.2, 0.25) is 0 Å². The van der Waals surface area contributed by atoms with Gasteiger partial charge in [0.05, 0.1) is 5.56 Å². The molecule has 2 aliphatic carbocycles. The lowest BCUT2D eigenvalue weighted by atomic mass is 9.58. The van der Waals surface area contributed by atoms with Crippen LogP contribution in [-0.2, 0) is 12.8 Å². The van der Waals surface area contributed by atoms with Crippen LogP contribution in [0.15, 0.2) is 66.2 Å². The average molecular weight is 467 g/mol. The van der Waals surface area contributed by atoms with Gasteiger partial charge in [-0.1, -0.05) is 81.7 Å². The van der Waals surface area contributed by atoms with Crippen molar-refractivity contribution in [3.05, 3.63) is 88.5 Å². The fraction of sp³-hybridized carbons (Fsp3) is 0.424. The largest absolute Gasteiger partial charge is 0.423 e. The summed E-state index contributed by atoms with van der Waals surface area (Å²) >= 11 is 0. The zero-order valence-corrected chi connectivity index (χ0v) is 21.7. The number of benzene rings is 3. The summed E-state index contributed by atoms with van der Waals surface area (Å²) in [5, 5.41) is 2.19. The molecule has 0 saturated heterocycles. The van der Waals surface area contributed by atoms with Crippen LogP contribution in [0.25, 0.3) is 10.8 Å². The average Bonchev–Trinajstić information content (AvgIpc) is 2.83. The minimum atomic E-state index is -0.262. The third kappa shape index (κ3) is 4.81. The molecule has 0 bridgehead atoms. The molecule has 0 fully saturated rings. The van der Waals surface area contributed by atoms with E-state index in [0.717, 1.165) is 29.4 Å². The normalized spacial score (nSPS) is 20.6. The van der Waals surface area contributed by atoms with E-state index in [0.29, 0.717) is 17.4 Å². The maximum Gasteiger partial charge on any atom is 0.343 e. The number of carbonyl (C=O) groups excluding carboxylic acids is 1. The molecular weight excluding hydrogens is 428 g/mol. The van der Waals surface area contributed by atoms with Crippen molar-refractivity contribution in [3.8, 4) is 5.75 Å². The standard InChI is InChI=1S/C33H38O2/c1-5-6-7-10-23-18-27-21-33(3,4)29-16-13-22(2)17-28(29)31(27)30(19-23)35-32(34)26-15-14-24-11-8-9-12-25(24)20-26/h8-9,11-12,14-15,17-20,28-29H,5-7,10,13,16,21H2,1-4H3/t28-,29-/m1/s1. The predicted molar refractivity (Wildman–Crippen MR) is 145 cm³/mol. The van der Waals surface area contributed by atoms with Crippen LogP contribution in [0, 0.1) is 11.3 Å². The first kappa shape index (κ1) is 23.9. The topological polar surface area (TPSA) is 26.3 Å². The number of carbonyl (C=O) groups is 1. The van der Waals surface area contributed by atoms with E-state index in [4.69, 9.17) is 4.74 Å². The van der Waals surface area contributed by atoms with Gasteiger partial charge in [0.25, 0.3) is 0 Å². The molecule has 2 atom stereocenters. The van der Waals surface area contributed by atoms with Crippen LogP contribution in [0.5, 0.6) is 5.75 Å². The summed E-state index contributed by atoms with van der Waals surface area (Å²) in [7, 11) is 0. The van der Waals surface area contributed by atoms with Gasteiger partial charge in [-0.2, -0.15) is 0 Å². The molecule has 2 heteroatoms. The summed E-state index contributed by atoms with van der Waals surface area (Å²) in [6.07, 6.45) is 10.5. The van der Waals surface area contributed by atoms with E-state index in [1.807, 2.05) is 36.4 Å². The molecule has 0 heterocycles. The molecule has 0 amide bonds. The number of hydrogen-bond donors (Lipinski definition) is 0. The molecule has 0 spiro atoms. The van der Waals surface area contributed by atoms with Gasteiger partial charge in [-0.05, 0) is 90.5 Å². The third-order valence-electron chi connectivity index (χ3n) is 8.27. The zero-order valence-electron chi connectivity index (χ0n) is 21.7. The molecule has 0 unspecified atom stereocenters. The first-order chi connectivity index (χ1) is 16.9. The number of fused-ring (bicyclic) bond motifs is 4. The Bertz CT molecular complexity index is 1280. The summed E-state index contributed by atoms with van der Waals surface area (Å²) in [5.74, 6) is 1.40. The number of hydrogen-bond acceptors (Lipinski definition) is 2. The molecule has 0 aliphatic heterocycles. The maximum absolute atomic E-state index is 13.4. The van der Waals surface area contributed by atoms with E-state index in [-0.39, 0.29) is 11.4 Å². The van der Waals surface area contributed by atoms with E-state index in [1.165, 1.54) is 54.4 Å². The number of unbranched alkanes of at least 4 members (excludes halogenated alkanes) is 2. The van der Waals surface area contributed by atoms with E-state index in [2.05, 4.69) is 52.0 Å². The van der Waals surface area contributed by atoms with Gasteiger partial charge >= 0.3 is 5.97 Å². The highest BCUT2D eigenvalue weighted by atomic mass is 16.5. The maximum atomic E-state index is 13.4. The smallest absolute Gasteiger partial charge is 0.343 e. The molecule has 2 nitrogen and oxygen atoms in total. The molecule has 35 heavy (non-hydrogen) atoms.